The van der Waals surface area contributed by atoms with E-state index in [2.05, 4.69) is 20.6 Å². The van der Waals surface area contributed by atoms with Crippen LogP contribution in [0.3, 0.4) is 0 Å². The summed E-state index contributed by atoms with van der Waals surface area (Å²) in [5.41, 5.74) is 2.17. The van der Waals surface area contributed by atoms with Gasteiger partial charge in [0.2, 0.25) is 0 Å². The number of benzene rings is 2. The van der Waals surface area contributed by atoms with Gasteiger partial charge < -0.3 is 10.6 Å². The predicted octanol–water partition coefficient (Wildman–Crippen LogP) is 4.04. The second kappa shape index (κ2) is 8.26. The van der Waals surface area contributed by atoms with E-state index < -0.39 is 0 Å². The van der Waals surface area contributed by atoms with Gasteiger partial charge in [-0.05, 0) is 36.2 Å². The Bertz CT molecular complexity index is 855. The lowest BCUT2D eigenvalue weighted by Crippen LogP contribution is -2.15. The third kappa shape index (κ3) is 5.02. The highest BCUT2D eigenvalue weighted by molar-refractivity contribution is 6.30. The molecule has 25 heavy (non-hydrogen) atoms. The summed E-state index contributed by atoms with van der Waals surface area (Å²) in [4.78, 5) is 20.4. The van der Waals surface area contributed by atoms with Gasteiger partial charge in [0, 0.05) is 23.3 Å². The number of carbonyl (C=O) groups is 1. The largest absolute Gasteiger partial charge is 0.370 e. The molecule has 0 fully saturated rings. The third-order valence-corrected chi connectivity index (χ3v) is 3.78. The highest BCUT2D eigenvalue weighted by Crippen LogP contribution is 2.12. The van der Waals surface area contributed by atoms with Crippen LogP contribution in [0.4, 0.5) is 11.5 Å². The van der Waals surface area contributed by atoms with Crippen molar-refractivity contribution in [2.75, 3.05) is 17.2 Å². The standard InChI is InChI=1S/C19H17ClN4O/c20-15-6-4-5-14(11-15)9-10-21-18-12-17(22-13-23-18)19(25)24-16-7-2-1-3-8-16/h1-8,11-13H,9-10H2,(H,24,25)(H,21,22,23). The molecule has 0 radical (unpaired) electrons. The van der Waals surface area contributed by atoms with E-state index in [1.165, 1.54) is 6.33 Å². The van der Waals surface area contributed by atoms with Gasteiger partial charge in [0.25, 0.3) is 5.91 Å². The molecule has 126 valence electrons. The number of halogens is 1. The van der Waals surface area contributed by atoms with Gasteiger partial charge in [0.05, 0.1) is 0 Å². The zero-order chi connectivity index (χ0) is 17.5. The number of hydrogen-bond donors (Lipinski definition) is 2. The van der Waals surface area contributed by atoms with E-state index in [0.29, 0.717) is 18.1 Å². The molecule has 0 atom stereocenters. The minimum absolute atomic E-state index is 0.272. The van der Waals surface area contributed by atoms with Crippen LogP contribution in [-0.4, -0.2) is 22.4 Å². The molecule has 0 saturated heterocycles. The Morgan fingerprint density at radius 3 is 2.64 bits per heavy atom. The monoisotopic (exact) mass is 352 g/mol. The number of hydrogen-bond acceptors (Lipinski definition) is 4. The molecule has 3 aromatic rings. The van der Waals surface area contributed by atoms with Crippen molar-refractivity contribution >= 4 is 29.0 Å². The summed E-state index contributed by atoms with van der Waals surface area (Å²) in [6.07, 6.45) is 2.18. The van der Waals surface area contributed by atoms with Gasteiger partial charge in [-0.15, -0.1) is 0 Å². The average Bonchev–Trinajstić information content (AvgIpc) is 2.63. The maximum Gasteiger partial charge on any atom is 0.274 e. The van der Waals surface area contributed by atoms with E-state index in [1.54, 1.807) is 6.07 Å². The first-order valence-electron chi connectivity index (χ1n) is 7.87. The molecule has 0 unspecified atom stereocenters. The SMILES string of the molecule is O=C(Nc1ccccc1)c1cc(NCCc2cccc(Cl)c2)ncn1. The molecule has 0 aliphatic heterocycles. The molecule has 0 saturated carbocycles. The molecule has 1 heterocycles. The molecule has 2 N–H and O–H groups in total. The Morgan fingerprint density at radius 1 is 1.00 bits per heavy atom. The first kappa shape index (κ1) is 16.9. The zero-order valence-electron chi connectivity index (χ0n) is 13.4. The van der Waals surface area contributed by atoms with Gasteiger partial charge in [0.1, 0.15) is 17.8 Å². The van der Waals surface area contributed by atoms with Gasteiger partial charge in [-0.1, -0.05) is 41.9 Å². The summed E-state index contributed by atoms with van der Waals surface area (Å²) in [6, 6.07) is 18.6. The van der Waals surface area contributed by atoms with E-state index in [4.69, 9.17) is 11.6 Å². The Kier molecular flexibility index (Phi) is 5.59. The molecule has 0 aliphatic rings. The fraction of sp³-hybridized carbons (Fsp3) is 0.105. The number of para-hydroxylation sites is 1. The number of nitrogens with one attached hydrogen (secondary N) is 2. The number of amides is 1. The fourth-order valence-electron chi connectivity index (χ4n) is 2.32. The lowest BCUT2D eigenvalue weighted by Gasteiger charge is -2.08. The summed E-state index contributed by atoms with van der Waals surface area (Å²) < 4.78 is 0. The maximum atomic E-state index is 12.3. The smallest absolute Gasteiger partial charge is 0.274 e. The maximum absolute atomic E-state index is 12.3. The number of aromatic nitrogens is 2. The number of carbonyl (C=O) groups excluding carboxylic acids is 1. The van der Waals surface area contributed by atoms with E-state index >= 15 is 0 Å². The van der Waals surface area contributed by atoms with Gasteiger partial charge in [-0.3, -0.25) is 4.79 Å². The first-order chi connectivity index (χ1) is 12.2. The average molecular weight is 353 g/mol. The summed E-state index contributed by atoms with van der Waals surface area (Å²) in [7, 11) is 0. The van der Waals surface area contributed by atoms with Crippen molar-refractivity contribution in [3.8, 4) is 0 Å². The topological polar surface area (TPSA) is 66.9 Å². The molecular formula is C19H17ClN4O. The molecule has 0 bridgehead atoms. The van der Waals surface area contributed by atoms with Crippen LogP contribution >= 0.6 is 11.6 Å². The normalized spacial score (nSPS) is 10.3. The summed E-state index contributed by atoms with van der Waals surface area (Å²) in [5.74, 6) is 0.335. The number of nitrogens with zero attached hydrogens (tertiary/aromatic N) is 2. The minimum atomic E-state index is -0.272. The Balaban J connectivity index is 1.58. The molecule has 1 aromatic heterocycles. The summed E-state index contributed by atoms with van der Waals surface area (Å²) in [6.45, 7) is 0.678. The third-order valence-electron chi connectivity index (χ3n) is 3.54. The molecule has 0 spiro atoms. The summed E-state index contributed by atoms with van der Waals surface area (Å²) >= 11 is 5.98. The van der Waals surface area contributed by atoms with Crippen LogP contribution in [-0.2, 0) is 6.42 Å². The molecule has 6 heteroatoms. The Morgan fingerprint density at radius 2 is 1.84 bits per heavy atom. The van der Waals surface area contributed by atoms with Crippen LogP contribution in [0, 0.1) is 0 Å². The van der Waals surface area contributed by atoms with E-state index in [0.717, 1.165) is 22.7 Å². The second-order valence-electron chi connectivity index (χ2n) is 5.42. The molecule has 5 nitrogen and oxygen atoms in total. The highest BCUT2D eigenvalue weighted by Gasteiger charge is 2.09. The van der Waals surface area contributed by atoms with Crippen LogP contribution in [0.1, 0.15) is 16.1 Å². The van der Waals surface area contributed by atoms with Gasteiger partial charge in [-0.25, -0.2) is 9.97 Å². The van der Waals surface area contributed by atoms with E-state index in [1.807, 2.05) is 54.6 Å². The fourth-order valence-corrected chi connectivity index (χ4v) is 2.54. The van der Waals surface area contributed by atoms with Crippen LogP contribution in [0.2, 0.25) is 5.02 Å². The van der Waals surface area contributed by atoms with E-state index in [9.17, 15) is 4.79 Å². The van der Waals surface area contributed by atoms with Crippen molar-refractivity contribution in [3.05, 3.63) is 83.3 Å². The second-order valence-corrected chi connectivity index (χ2v) is 5.85. The van der Waals surface area contributed by atoms with Crippen LogP contribution in [0.5, 0.6) is 0 Å². The molecule has 3 rings (SSSR count). The van der Waals surface area contributed by atoms with E-state index in [-0.39, 0.29) is 5.91 Å². The Hall–Kier alpha value is -2.92. The van der Waals surface area contributed by atoms with Gasteiger partial charge in [0.15, 0.2) is 0 Å². The van der Waals surface area contributed by atoms with Crippen LogP contribution in [0.15, 0.2) is 67.0 Å². The van der Waals surface area contributed by atoms with Crippen molar-refractivity contribution in [2.24, 2.45) is 0 Å². The van der Waals surface area contributed by atoms with Crippen molar-refractivity contribution in [1.29, 1.82) is 0 Å². The van der Waals surface area contributed by atoms with Gasteiger partial charge in [-0.2, -0.15) is 0 Å². The van der Waals surface area contributed by atoms with Crippen molar-refractivity contribution in [1.82, 2.24) is 9.97 Å². The number of anilines is 2. The zero-order valence-corrected chi connectivity index (χ0v) is 14.2. The van der Waals surface area contributed by atoms with Crippen LogP contribution < -0.4 is 10.6 Å². The predicted molar refractivity (Wildman–Crippen MR) is 100 cm³/mol. The minimum Gasteiger partial charge on any atom is -0.370 e. The quantitative estimate of drug-likeness (QED) is 0.702. The molecule has 1 amide bonds. The van der Waals surface area contributed by atoms with Crippen molar-refractivity contribution in [2.45, 2.75) is 6.42 Å². The number of rotatable bonds is 6. The van der Waals surface area contributed by atoms with Gasteiger partial charge >= 0.3 is 0 Å². The summed E-state index contributed by atoms with van der Waals surface area (Å²) in [5, 5.41) is 6.72. The highest BCUT2D eigenvalue weighted by atomic mass is 35.5. The van der Waals surface area contributed by atoms with Crippen LogP contribution in [0.25, 0.3) is 0 Å². The molecule has 2 aromatic carbocycles. The first-order valence-corrected chi connectivity index (χ1v) is 8.25. The van der Waals surface area contributed by atoms with Crippen molar-refractivity contribution in [3.63, 3.8) is 0 Å². The van der Waals surface area contributed by atoms with Crippen molar-refractivity contribution < 1.29 is 4.79 Å². The molecule has 0 aliphatic carbocycles. The lowest BCUT2D eigenvalue weighted by atomic mass is 10.1. The lowest BCUT2D eigenvalue weighted by molar-refractivity contribution is 0.102. The molecular weight excluding hydrogens is 336 g/mol. The Labute approximate surface area is 151 Å².